The molecule has 0 spiro atoms. The first kappa shape index (κ1) is 17.4. The number of thiophene rings is 1. The predicted octanol–water partition coefficient (Wildman–Crippen LogP) is 2.12. The highest BCUT2D eigenvalue weighted by Gasteiger charge is 2.19. The highest BCUT2D eigenvalue weighted by atomic mass is 32.1. The monoisotopic (exact) mass is 376 g/mol. The second kappa shape index (κ2) is 7.19. The van der Waals surface area contributed by atoms with Crippen LogP contribution in [0.4, 0.5) is 11.4 Å². The Kier molecular flexibility index (Phi) is 4.80. The van der Waals surface area contributed by atoms with Crippen LogP contribution in [-0.2, 0) is 11.3 Å². The minimum absolute atomic E-state index is 0.0178. The topological polar surface area (TPSA) is 130 Å². The van der Waals surface area contributed by atoms with E-state index in [1.807, 2.05) is 0 Å². The van der Waals surface area contributed by atoms with E-state index in [0.717, 1.165) is 4.68 Å². The summed E-state index contributed by atoms with van der Waals surface area (Å²) in [7, 11) is 1.37. The molecular weight excluding hydrogens is 364 g/mol. The molecule has 2 aromatic heterocycles. The SMILES string of the molecule is COc1ccc(NC(=O)Cn2nc(-c3cccs3)oc2=O)c([N+](=O)[O-])c1. The number of nitrogens with one attached hydrogen (secondary N) is 1. The average molecular weight is 376 g/mol. The van der Waals surface area contributed by atoms with Crippen molar-refractivity contribution in [1.29, 1.82) is 0 Å². The maximum Gasteiger partial charge on any atom is 0.437 e. The van der Waals surface area contributed by atoms with Crippen LogP contribution < -0.4 is 15.8 Å². The van der Waals surface area contributed by atoms with Crippen LogP contribution >= 0.6 is 11.3 Å². The summed E-state index contributed by atoms with van der Waals surface area (Å²) in [5, 5.41) is 19.3. The van der Waals surface area contributed by atoms with Crippen molar-refractivity contribution in [3.05, 3.63) is 56.4 Å². The van der Waals surface area contributed by atoms with Crippen LogP contribution in [0.3, 0.4) is 0 Å². The van der Waals surface area contributed by atoms with Crippen LogP contribution in [0.15, 0.2) is 44.9 Å². The molecule has 0 atom stereocenters. The molecule has 3 aromatic rings. The van der Waals surface area contributed by atoms with Gasteiger partial charge in [0.05, 0.1) is 23.0 Å². The lowest BCUT2D eigenvalue weighted by Crippen LogP contribution is -2.26. The summed E-state index contributed by atoms with van der Waals surface area (Å²) in [6, 6.07) is 7.50. The van der Waals surface area contributed by atoms with Crippen LogP contribution in [0.5, 0.6) is 5.75 Å². The molecule has 0 unspecified atom stereocenters. The van der Waals surface area contributed by atoms with Crippen LogP contribution in [0.1, 0.15) is 0 Å². The number of carbonyl (C=O) groups excluding carboxylic acids is 1. The number of hydrogen-bond acceptors (Lipinski definition) is 8. The zero-order valence-corrected chi connectivity index (χ0v) is 14.2. The molecule has 0 saturated carbocycles. The summed E-state index contributed by atoms with van der Waals surface area (Å²) >= 11 is 1.33. The Labute approximate surface area is 149 Å². The van der Waals surface area contributed by atoms with E-state index in [9.17, 15) is 19.7 Å². The van der Waals surface area contributed by atoms with Gasteiger partial charge in [0.15, 0.2) is 0 Å². The summed E-state index contributed by atoms with van der Waals surface area (Å²) < 4.78 is 10.8. The molecule has 11 heteroatoms. The molecule has 3 rings (SSSR count). The first-order valence-electron chi connectivity index (χ1n) is 7.22. The van der Waals surface area contributed by atoms with E-state index in [0.29, 0.717) is 4.88 Å². The maximum atomic E-state index is 12.2. The highest BCUT2D eigenvalue weighted by Crippen LogP contribution is 2.29. The van der Waals surface area contributed by atoms with Gasteiger partial charge in [-0.2, -0.15) is 4.68 Å². The molecule has 1 N–H and O–H groups in total. The molecule has 1 amide bonds. The number of carbonyl (C=O) groups is 1. The number of nitro groups is 1. The first-order chi connectivity index (χ1) is 12.5. The van der Waals surface area contributed by atoms with Gasteiger partial charge in [0.25, 0.3) is 11.6 Å². The standard InChI is InChI=1S/C15H12N4O6S/c1-24-9-4-5-10(11(7-9)19(22)23)16-13(20)8-18-15(21)25-14(17-18)12-3-2-6-26-12/h2-7H,8H2,1H3,(H,16,20). The van der Waals surface area contributed by atoms with Gasteiger partial charge in [-0.1, -0.05) is 6.07 Å². The van der Waals surface area contributed by atoms with Gasteiger partial charge in [0.1, 0.15) is 18.0 Å². The van der Waals surface area contributed by atoms with E-state index in [-0.39, 0.29) is 23.0 Å². The average Bonchev–Trinajstić information content (AvgIpc) is 3.25. The third-order valence-corrected chi connectivity index (χ3v) is 4.17. The van der Waals surface area contributed by atoms with Crippen molar-refractivity contribution in [3.63, 3.8) is 0 Å². The van der Waals surface area contributed by atoms with Crippen LogP contribution in [0.2, 0.25) is 0 Å². The van der Waals surface area contributed by atoms with Crippen molar-refractivity contribution >= 4 is 28.6 Å². The fraction of sp³-hybridized carbons (Fsp3) is 0.133. The predicted molar refractivity (Wildman–Crippen MR) is 92.4 cm³/mol. The van der Waals surface area contributed by atoms with Crippen molar-refractivity contribution in [2.75, 3.05) is 12.4 Å². The number of anilines is 1. The van der Waals surface area contributed by atoms with Gasteiger partial charge in [0, 0.05) is 0 Å². The van der Waals surface area contributed by atoms with Gasteiger partial charge in [-0.15, -0.1) is 16.4 Å². The summed E-state index contributed by atoms with van der Waals surface area (Å²) in [5.41, 5.74) is -0.347. The zero-order valence-electron chi connectivity index (χ0n) is 13.4. The van der Waals surface area contributed by atoms with E-state index in [4.69, 9.17) is 9.15 Å². The van der Waals surface area contributed by atoms with Crippen molar-refractivity contribution < 1.29 is 18.9 Å². The lowest BCUT2D eigenvalue weighted by molar-refractivity contribution is -0.384. The molecule has 2 heterocycles. The maximum absolute atomic E-state index is 12.2. The Morgan fingerprint density at radius 2 is 2.27 bits per heavy atom. The minimum atomic E-state index is -0.798. The molecule has 0 saturated heterocycles. The third-order valence-electron chi connectivity index (χ3n) is 3.31. The summed E-state index contributed by atoms with van der Waals surface area (Å²) in [6.07, 6.45) is 0. The third kappa shape index (κ3) is 3.62. The second-order valence-corrected chi connectivity index (χ2v) is 5.94. The van der Waals surface area contributed by atoms with Gasteiger partial charge in [-0.25, -0.2) is 4.79 Å². The normalized spacial score (nSPS) is 10.5. The van der Waals surface area contributed by atoms with Crippen LogP contribution in [0.25, 0.3) is 10.8 Å². The molecule has 0 bridgehead atoms. The van der Waals surface area contributed by atoms with Gasteiger partial charge >= 0.3 is 5.76 Å². The van der Waals surface area contributed by atoms with Gasteiger partial charge in [0.2, 0.25) is 5.91 Å². The zero-order chi connectivity index (χ0) is 18.7. The quantitative estimate of drug-likeness (QED) is 0.515. The van der Waals surface area contributed by atoms with Gasteiger partial charge in [-0.3, -0.25) is 14.9 Å². The van der Waals surface area contributed by atoms with Crippen molar-refractivity contribution in [3.8, 4) is 16.5 Å². The Balaban J connectivity index is 1.78. The Morgan fingerprint density at radius 3 is 2.92 bits per heavy atom. The second-order valence-electron chi connectivity index (χ2n) is 5.00. The first-order valence-corrected chi connectivity index (χ1v) is 8.10. The molecule has 0 aliphatic rings. The number of amides is 1. The molecule has 134 valence electrons. The molecule has 1 aromatic carbocycles. The number of hydrogen-bond donors (Lipinski definition) is 1. The number of benzene rings is 1. The highest BCUT2D eigenvalue weighted by molar-refractivity contribution is 7.13. The molecular formula is C15H12N4O6S. The lowest BCUT2D eigenvalue weighted by atomic mass is 10.2. The Bertz CT molecular complexity index is 1010. The number of nitro benzene ring substituents is 1. The lowest BCUT2D eigenvalue weighted by Gasteiger charge is -2.07. The minimum Gasteiger partial charge on any atom is -0.496 e. The van der Waals surface area contributed by atoms with Crippen LogP contribution in [0, 0.1) is 10.1 Å². The number of ether oxygens (including phenoxy) is 1. The Morgan fingerprint density at radius 1 is 1.46 bits per heavy atom. The van der Waals surface area contributed by atoms with E-state index in [1.165, 1.54) is 36.6 Å². The van der Waals surface area contributed by atoms with E-state index in [2.05, 4.69) is 10.4 Å². The molecule has 0 aliphatic heterocycles. The summed E-state index contributed by atoms with van der Waals surface area (Å²) in [6.45, 7) is -0.448. The Hall–Kier alpha value is -3.47. The van der Waals surface area contributed by atoms with E-state index in [1.54, 1.807) is 17.5 Å². The molecule has 0 fully saturated rings. The summed E-state index contributed by atoms with van der Waals surface area (Å²) in [5.74, 6) is -1.07. The van der Waals surface area contributed by atoms with E-state index < -0.39 is 23.1 Å². The number of methoxy groups -OCH3 is 1. The van der Waals surface area contributed by atoms with Crippen molar-refractivity contribution in [1.82, 2.24) is 9.78 Å². The molecule has 10 nitrogen and oxygen atoms in total. The molecule has 26 heavy (non-hydrogen) atoms. The number of aromatic nitrogens is 2. The van der Waals surface area contributed by atoms with Crippen molar-refractivity contribution in [2.24, 2.45) is 0 Å². The van der Waals surface area contributed by atoms with Gasteiger partial charge < -0.3 is 14.5 Å². The fourth-order valence-corrected chi connectivity index (χ4v) is 2.77. The smallest absolute Gasteiger partial charge is 0.437 e. The molecule has 0 aliphatic carbocycles. The number of rotatable bonds is 6. The van der Waals surface area contributed by atoms with Gasteiger partial charge in [-0.05, 0) is 23.6 Å². The van der Waals surface area contributed by atoms with E-state index >= 15 is 0 Å². The van der Waals surface area contributed by atoms with Crippen molar-refractivity contribution in [2.45, 2.75) is 6.54 Å². The number of nitrogens with zero attached hydrogens (tertiary/aromatic N) is 3. The fourth-order valence-electron chi connectivity index (χ4n) is 2.13. The largest absolute Gasteiger partial charge is 0.496 e. The summed E-state index contributed by atoms with van der Waals surface area (Å²) in [4.78, 5) is 35.1. The van der Waals surface area contributed by atoms with Crippen LogP contribution in [-0.4, -0.2) is 27.7 Å². The molecule has 0 radical (unpaired) electrons.